The van der Waals surface area contributed by atoms with Gasteiger partial charge in [-0.2, -0.15) is 0 Å². The second-order valence-corrected chi connectivity index (χ2v) is 3.27. The lowest BCUT2D eigenvalue weighted by Gasteiger charge is -2.05. The van der Waals surface area contributed by atoms with E-state index >= 15 is 0 Å². The molecule has 0 saturated heterocycles. The van der Waals surface area contributed by atoms with Crippen LogP contribution in [0.5, 0.6) is 0 Å². The maximum absolute atomic E-state index is 8.78. The van der Waals surface area contributed by atoms with E-state index in [9.17, 15) is 0 Å². The Hall–Kier alpha value is -0.860. The van der Waals surface area contributed by atoms with E-state index in [1.54, 1.807) is 0 Å². The predicted molar refractivity (Wildman–Crippen MR) is 52.8 cm³/mol. The van der Waals surface area contributed by atoms with Gasteiger partial charge in [0.1, 0.15) is 0 Å². The fraction of sp³-hybridized carbons (Fsp3) is 0.455. The van der Waals surface area contributed by atoms with Gasteiger partial charge in [-0.05, 0) is 30.9 Å². The lowest BCUT2D eigenvalue weighted by molar-refractivity contribution is 0.298. The Balaban J connectivity index is 2.83. The van der Waals surface area contributed by atoms with Crippen LogP contribution in [-0.2, 0) is 12.8 Å². The standard InChI is InChI=1S/C11H16O2/c1-9-6-10(2-4-12)8-11(7-9)3-5-13/h6-8,12-13H,2-5H2,1H3. The molecule has 0 bridgehead atoms. The highest BCUT2D eigenvalue weighted by molar-refractivity contribution is 5.29. The van der Waals surface area contributed by atoms with Crippen molar-refractivity contribution in [1.29, 1.82) is 0 Å². The van der Waals surface area contributed by atoms with Crippen molar-refractivity contribution in [3.63, 3.8) is 0 Å². The molecule has 0 atom stereocenters. The maximum Gasteiger partial charge on any atom is 0.0471 e. The minimum atomic E-state index is 0.183. The van der Waals surface area contributed by atoms with Crippen molar-refractivity contribution in [2.24, 2.45) is 0 Å². The van der Waals surface area contributed by atoms with E-state index in [4.69, 9.17) is 10.2 Å². The molecule has 13 heavy (non-hydrogen) atoms. The summed E-state index contributed by atoms with van der Waals surface area (Å²) in [5.74, 6) is 0. The number of benzene rings is 1. The van der Waals surface area contributed by atoms with Gasteiger partial charge in [0.2, 0.25) is 0 Å². The average Bonchev–Trinajstić information content (AvgIpc) is 2.04. The van der Waals surface area contributed by atoms with Gasteiger partial charge >= 0.3 is 0 Å². The summed E-state index contributed by atoms with van der Waals surface area (Å²) >= 11 is 0. The third kappa shape index (κ3) is 3.17. The largest absolute Gasteiger partial charge is 0.396 e. The number of aryl methyl sites for hydroxylation is 1. The first-order valence-electron chi connectivity index (χ1n) is 4.57. The fourth-order valence-electron chi connectivity index (χ4n) is 1.49. The molecule has 1 rings (SSSR count). The molecule has 0 spiro atoms. The molecule has 0 fully saturated rings. The Morgan fingerprint density at radius 2 is 1.38 bits per heavy atom. The zero-order valence-corrected chi connectivity index (χ0v) is 7.95. The lowest BCUT2D eigenvalue weighted by atomic mass is 10.0. The van der Waals surface area contributed by atoms with Crippen LogP contribution in [0.4, 0.5) is 0 Å². The van der Waals surface area contributed by atoms with Crippen LogP contribution in [0.3, 0.4) is 0 Å². The van der Waals surface area contributed by atoms with E-state index in [0.717, 1.165) is 11.1 Å². The Morgan fingerprint density at radius 3 is 1.77 bits per heavy atom. The second-order valence-electron chi connectivity index (χ2n) is 3.27. The van der Waals surface area contributed by atoms with Crippen LogP contribution in [0.15, 0.2) is 18.2 Å². The first-order valence-corrected chi connectivity index (χ1v) is 4.57. The minimum absolute atomic E-state index is 0.183. The van der Waals surface area contributed by atoms with Crippen molar-refractivity contribution in [1.82, 2.24) is 0 Å². The topological polar surface area (TPSA) is 40.5 Å². The smallest absolute Gasteiger partial charge is 0.0471 e. The Morgan fingerprint density at radius 1 is 0.923 bits per heavy atom. The zero-order valence-electron chi connectivity index (χ0n) is 7.95. The van der Waals surface area contributed by atoms with Crippen LogP contribution in [0, 0.1) is 6.92 Å². The van der Waals surface area contributed by atoms with Crippen molar-refractivity contribution in [2.45, 2.75) is 19.8 Å². The van der Waals surface area contributed by atoms with Gasteiger partial charge in [0.05, 0.1) is 0 Å². The first-order chi connectivity index (χ1) is 6.26. The van der Waals surface area contributed by atoms with Gasteiger partial charge in [0.25, 0.3) is 0 Å². The predicted octanol–water partition coefficient (Wildman–Crippen LogP) is 1.06. The van der Waals surface area contributed by atoms with Gasteiger partial charge in [-0.1, -0.05) is 23.8 Å². The quantitative estimate of drug-likeness (QED) is 0.727. The Bertz CT molecular complexity index is 245. The van der Waals surface area contributed by atoms with E-state index in [2.05, 4.69) is 12.1 Å². The normalized spacial score (nSPS) is 10.4. The van der Waals surface area contributed by atoms with Gasteiger partial charge in [-0.3, -0.25) is 0 Å². The lowest BCUT2D eigenvalue weighted by Crippen LogP contribution is -1.96. The highest BCUT2D eigenvalue weighted by Gasteiger charge is 1.97. The number of aliphatic hydroxyl groups excluding tert-OH is 2. The van der Waals surface area contributed by atoms with E-state index in [0.29, 0.717) is 12.8 Å². The van der Waals surface area contributed by atoms with Gasteiger partial charge in [-0.25, -0.2) is 0 Å². The van der Waals surface area contributed by atoms with Gasteiger partial charge in [0, 0.05) is 13.2 Å². The summed E-state index contributed by atoms with van der Waals surface area (Å²) < 4.78 is 0. The molecule has 1 aromatic rings. The van der Waals surface area contributed by atoms with Crippen LogP contribution in [-0.4, -0.2) is 23.4 Å². The summed E-state index contributed by atoms with van der Waals surface area (Å²) in [5.41, 5.74) is 3.48. The molecule has 0 aliphatic carbocycles. The molecular weight excluding hydrogens is 164 g/mol. The van der Waals surface area contributed by atoms with E-state index in [1.165, 1.54) is 5.56 Å². The van der Waals surface area contributed by atoms with E-state index in [-0.39, 0.29) is 13.2 Å². The summed E-state index contributed by atoms with van der Waals surface area (Å²) in [5, 5.41) is 17.6. The fourth-order valence-corrected chi connectivity index (χ4v) is 1.49. The van der Waals surface area contributed by atoms with Gasteiger partial charge < -0.3 is 10.2 Å². The molecular formula is C11H16O2. The van der Waals surface area contributed by atoms with Crippen LogP contribution >= 0.6 is 0 Å². The molecule has 2 heteroatoms. The van der Waals surface area contributed by atoms with Crippen molar-refractivity contribution < 1.29 is 10.2 Å². The summed E-state index contributed by atoms with van der Waals surface area (Å²) in [4.78, 5) is 0. The molecule has 72 valence electrons. The van der Waals surface area contributed by atoms with Crippen LogP contribution in [0.1, 0.15) is 16.7 Å². The molecule has 0 radical (unpaired) electrons. The molecule has 0 aliphatic rings. The SMILES string of the molecule is Cc1cc(CCO)cc(CCO)c1. The highest BCUT2D eigenvalue weighted by Crippen LogP contribution is 2.10. The summed E-state index contributed by atoms with van der Waals surface area (Å²) in [7, 11) is 0. The molecule has 2 nitrogen and oxygen atoms in total. The first kappa shape index (κ1) is 10.2. The highest BCUT2D eigenvalue weighted by atomic mass is 16.3. The van der Waals surface area contributed by atoms with Crippen molar-refractivity contribution >= 4 is 0 Å². The van der Waals surface area contributed by atoms with Crippen molar-refractivity contribution in [3.05, 3.63) is 34.9 Å². The molecule has 0 aromatic heterocycles. The van der Waals surface area contributed by atoms with Gasteiger partial charge in [0.15, 0.2) is 0 Å². The number of rotatable bonds is 4. The van der Waals surface area contributed by atoms with Crippen LogP contribution in [0.25, 0.3) is 0 Å². The zero-order chi connectivity index (χ0) is 9.68. The molecule has 0 amide bonds. The van der Waals surface area contributed by atoms with E-state index in [1.807, 2.05) is 13.0 Å². The summed E-state index contributed by atoms with van der Waals surface area (Å²) in [6.07, 6.45) is 1.39. The molecule has 0 heterocycles. The third-order valence-electron chi connectivity index (χ3n) is 2.00. The minimum Gasteiger partial charge on any atom is -0.396 e. The maximum atomic E-state index is 8.78. The average molecular weight is 180 g/mol. The molecule has 0 saturated carbocycles. The van der Waals surface area contributed by atoms with Crippen molar-refractivity contribution in [3.8, 4) is 0 Å². The Labute approximate surface area is 78.8 Å². The third-order valence-corrected chi connectivity index (χ3v) is 2.00. The monoisotopic (exact) mass is 180 g/mol. The number of hydrogen-bond donors (Lipinski definition) is 2. The Kier molecular flexibility index (Phi) is 3.93. The molecule has 1 aromatic carbocycles. The molecule has 0 unspecified atom stereocenters. The van der Waals surface area contributed by atoms with Crippen LogP contribution < -0.4 is 0 Å². The van der Waals surface area contributed by atoms with E-state index < -0.39 is 0 Å². The number of aliphatic hydroxyl groups is 2. The van der Waals surface area contributed by atoms with Crippen LogP contribution in [0.2, 0.25) is 0 Å². The second kappa shape index (κ2) is 5.00. The summed E-state index contributed by atoms with van der Waals surface area (Å²) in [6, 6.07) is 6.17. The van der Waals surface area contributed by atoms with Crippen molar-refractivity contribution in [2.75, 3.05) is 13.2 Å². The molecule has 2 N–H and O–H groups in total. The van der Waals surface area contributed by atoms with Gasteiger partial charge in [-0.15, -0.1) is 0 Å². The number of hydrogen-bond acceptors (Lipinski definition) is 2. The summed E-state index contributed by atoms with van der Waals surface area (Å²) in [6.45, 7) is 2.39. The molecule has 0 aliphatic heterocycles.